The number of nitrogens with one attached hydrogen (secondary N) is 1. The van der Waals surface area contributed by atoms with Crippen molar-refractivity contribution in [1.29, 1.82) is 0 Å². The second-order valence-corrected chi connectivity index (χ2v) is 6.99. The first kappa shape index (κ1) is 15.7. The maximum atomic E-state index is 11.8. The van der Waals surface area contributed by atoms with Crippen molar-refractivity contribution in [2.45, 2.75) is 18.6 Å². The second kappa shape index (κ2) is 7.38. The summed E-state index contributed by atoms with van der Waals surface area (Å²) in [5.74, 6) is -0.117. The standard InChI is InChI=1S/C13H19ClN2O3S/c14-13-5-3-12(4-6-13)11-20(17,18)15-19-10-9-16-7-1-2-8-16/h3-6,15H,1-2,7-11H2. The third kappa shape index (κ3) is 5.38. The number of nitrogens with zero attached hydrogens (tertiary/aromatic N) is 1. The Morgan fingerprint density at radius 2 is 1.85 bits per heavy atom. The maximum Gasteiger partial charge on any atom is 0.237 e. The van der Waals surface area contributed by atoms with Crippen LogP contribution in [0.5, 0.6) is 0 Å². The molecule has 1 saturated heterocycles. The predicted octanol–water partition coefficient (Wildman–Crippen LogP) is 1.79. The zero-order valence-electron chi connectivity index (χ0n) is 11.2. The second-order valence-electron chi connectivity index (χ2n) is 4.87. The van der Waals surface area contributed by atoms with Gasteiger partial charge in [0, 0.05) is 11.6 Å². The van der Waals surface area contributed by atoms with Crippen molar-refractivity contribution in [1.82, 2.24) is 9.79 Å². The van der Waals surface area contributed by atoms with Gasteiger partial charge in [0.2, 0.25) is 10.0 Å². The molecule has 0 spiro atoms. The van der Waals surface area contributed by atoms with Gasteiger partial charge in [0.25, 0.3) is 0 Å². The fourth-order valence-electron chi connectivity index (χ4n) is 2.14. The Kier molecular flexibility index (Phi) is 5.80. The van der Waals surface area contributed by atoms with Gasteiger partial charge in [-0.15, -0.1) is 0 Å². The summed E-state index contributed by atoms with van der Waals surface area (Å²) < 4.78 is 23.6. The quantitative estimate of drug-likeness (QED) is 0.615. The molecule has 0 atom stereocenters. The van der Waals surface area contributed by atoms with Gasteiger partial charge in [-0.25, -0.2) is 8.42 Å². The summed E-state index contributed by atoms with van der Waals surface area (Å²) in [6.07, 6.45) is 2.42. The fraction of sp³-hybridized carbons (Fsp3) is 0.538. The highest BCUT2D eigenvalue weighted by Gasteiger charge is 2.13. The Morgan fingerprint density at radius 1 is 1.20 bits per heavy atom. The van der Waals surface area contributed by atoms with Crippen molar-refractivity contribution in [3.8, 4) is 0 Å². The SMILES string of the molecule is O=S(=O)(Cc1ccc(Cl)cc1)NOCCN1CCCC1. The van der Waals surface area contributed by atoms with E-state index in [2.05, 4.69) is 9.79 Å². The summed E-state index contributed by atoms with van der Waals surface area (Å²) in [7, 11) is -3.48. The molecule has 1 aliphatic rings. The highest BCUT2D eigenvalue weighted by molar-refractivity contribution is 7.88. The first-order valence-electron chi connectivity index (χ1n) is 6.63. The Morgan fingerprint density at radius 3 is 2.50 bits per heavy atom. The number of hydrogen-bond acceptors (Lipinski definition) is 4. The molecule has 1 aromatic carbocycles. The van der Waals surface area contributed by atoms with E-state index < -0.39 is 10.0 Å². The molecule has 112 valence electrons. The molecule has 0 saturated carbocycles. The Hall–Kier alpha value is -0.660. The van der Waals surface area contributed by atoms with Crippen LogP contribution in [0.4, 0.5) is 0 Å². The zero-order valence-corrected chi connectivity index (χ0v) is 12.8. The van der Waals surface area contributed by atoms with Gasteiger partial charge in [-0.3, -0.25) is 4.84 Å². The van der Waals surface area contributed by atoms with Gasteiger partial charge < -0.3 is 4.90 Å². The lowest BCUT2D eigenvalue weighted by atomic mass is 10.2. The molecule has 1 fully saturated rings. The van der Waals surface area contributed by atoms with E-state index in [4.69, 9.17) is 16.4 Å². The smallest absolute Gasteiger partial charge is 0.237 e. The number of halogens is 1. The molecule has 2 rings (SSSR count). The number of likely N-dealkylation sites (tertiary alicyclic amines) is 1. The van der Waals surface area contributed by atoms with Crippen molar-refractivity contribution >= 4 is 21.6 Å². The van der Waals surface area contributed by atoms with E-state index in [1.165, 1.54) is 12.8 Å². The van der Waals surface area contributed by atoms with E-state index in [1.807, 2.05) is 0 Å². The Bertz CT molecular complexity index is 513. The summed E-state index contributed by atoms with van der Waals surface area (Å²) in [6, 6.07) is 6.71. The van der Waals surface area contributed by atoms with E-state index >= 15 is 0 Å². The number of benzene rings is 1. The van der Waals surface area contributed by atoms with Crippen LogP contribution in [0.3, 0.4) is 0 Å². The predicted molar refractivity (Wildman–Crippen MR) is 78.8 cm³/mol. The van der Waals surface area contributed by atoms with Crippen LogP contribution in [0.25, 0.3) is 0 Å². The van der Waals surface area contributed by atoms with E-state index in [1.54, 1.807) is 24.3 Å². The average Bonchev–Trinajstić information content (AvgIpc) is 2.90. The lowest BCUT2D eigenvalue weighted by molar-refractivity contribution is 0.0755. The van der Waals surface area contributed by atoms with Gasteiger partial charge in [-0.2, -0.15) is 0 Å². The van der Waals surface area contributed by atoms with Gasteiger partial charge in [0.05, 0.1) is 12.4 Å². The van der Waals surface area contributed by atoms with Gasteiger partial charge in [-0.1, -0.05) is 28.6 Å². The van der Waals surface area contributed by atoms with E-state index in [9.17, 15) is 8.42 Å². The first-order chi connectivity index (χ1) is 9.55. The molecule has 0 bridgehead atoms. The molecule has 0 unspecified atom stereocenters. The molecule has 1 aliphatic heterocycles. The van der Waals surface area contributed by atoms with Crippen LogP contribution in [0.2, 0.25) is 5.02 Å². The van der Waals surface area contributed by atoms with Gasteiger partial charge in [-0.05, 0) is 43.6 Å². The van der Waals surface area contributed by atoms with Crippen LogP contribution in [0, 0.1) is 0 Å². The van der Waals surface area contributed by atoms with Crippen molar-refractivity contribution < 1.29 is 13.3 Å². The number of sulfonamides is 1. The summed E-state index contributed by atoms with van der Waals surface area (Å²) in [4.78, 5) is 9.47. The summed E-state index contributed by atoms with van der Waals surface area (Å²) in [6.45, 7) is 3.26. The molecule has 1 aromatic rings. The number of rotatable bonds is 7. The topological polar surface area (TPSA) is 58.6 Å². The average molecular weight is 319 g/mol. The Labute approximate surface area is 124 Å². The molecule has 1 N–H and O–H groups in total. The normalized spacial score (nSPS) is 16.6. The van der Waals surface area contributed by atoms with Crippen molar-refractivity contribution in [3.63, 3.8) is 0 Å². The minimum absolute atomic E-state index is 0.117. The van der Waals surface area contributed by atoms with Crippen LogP contribution in [0.1, 0.15) is 18.4 Å². The summed E-state index contributed by atoms with van der Waals surface area (Å²) in [5.41, 5.74) is 0.671. The van der Waals surface area contributed by atoms with E-state index in [0.29, 0.717) is 17.2 Å². The van der Waals surface area contributed by atoms with Gasteiger partial charge in [0.1, 0.15) is 0 Å². The van der Waals surface area contributed by atoms with Crippen LogP contribution in [0.15, 0.2) is 24.3 Å². The van der Waals surface area contributed by atoms with Gasteiger partial charge in [0.15, 0.2) is 0 Å². The van der Waals surface area contributed by atoms with Crippen LogP contribution in [-0.2, 0) is 20.6 Å². The van der Waals surface area contributed by atoms with E-state index in [0.717, 1.165) is 19.6 Å². The third-order valence-corrected chi connectivity index (χ3v) is 4.50. The zero-order chi connectivity index (χ0) is 14.4. The first-order valence-corrected chi connectivity index (χ1v) is 8.66. The summed E-state index contributed by atoms with van der Waals surface area (Å²) >= 11 is 5.75. The lowest BCUT2D eigenvalue weighted by Gasteiger charge is -2.14. The van der Waals surface area contributed by atoms with Gasteiger partial charge >= 0.3 is 0 Å². The minimum atomic E-state index is -3.48. The molecule has 0 radical (unpaired) electrons. The monoisotopic (exact) mass is 318 g/mol. The molecule has 1 heterocycles. The van der Waals surface area contributed by atoms with Crippen LogP contribution < -0.4 is 4.89 Å². The largest absolute Gasteiger partial charge is 0.301 e. The Balaban J connectivity index is 1.71. The minimum Gasteiger partial charge on any atom is -0.301 e. The molecule has 20 heavy (non-hydrogen) atoms. The fourth-order valence-corrected chi connectivity index (χ4v) is 3.22. The number of hydrogen-bond donors (Lipinski definition) is 1. The summed E-state index contributed by atoms with van der Waals surface area (Å²) in [5, 5.41) is 0.584. The molecule has 7 heteroatoms. The molecular formula is C13H19ClN2O3S. The molecule has 0 aromatic heterocycles. The molecule has 0 aliphatic carbocycles. The van der Waals surface area contributed by atoms with E-state index in [-0.39, 0.29) is 5.75 Å². The van der Waals surface area contributed by atoms with Crippen LogP contribution >= 0.6 is 11.6 Å². The molecule has 0 amide bonds. The van der Waals surface area contributed by atoms with Crippen molar-refractivity contribution in [2.24, 2.45) is 0 Å². The third-order valence-electron chi connectivity index (χ3n) is 3.16. The lowest BCUT2D eigenvalue weighted by Crippen LogP contribution is -2.30. The highest BCUT2D eigenvalue weighted by Crippen LogP contribution is 2.11. The van der Waals surface area contributed by atoms with Crippen molar-refractivity contribution in [3.05, 3.63) is 34.9 Å². The van der Waals surface area contributed by atoms with Crippen LogP contribution in [-0.4, -0.2) is 39.6 Å². The maximum absolute atomic E-state index is 11.8. The molecular weight excluding hydrogens is 300 g/mol. The molecule has 5 nitrogen and oxygen atoms in total. The van der Waals surface area contributed by atoms with Crippen molar-refractivity contribution in [2.75, 3.05) is 26.2 Å². The highest BCUT2D eigenvalue weighted by atomic mass is 35.5.